The van der Waals surface area contributed by atoms with Crippen LogP contribution >= 0.6 is 0 Å². The van der Waals surface area contributed by atoms with Crippen molar-refractivity contribution in [3.8, 4) is 11.5 Å². The zero-order valence-electron chi connectivity index (χ0n) is 30.9. The first kappa shape index (κ1) is 39.9. The molecule has 6 unspecified atom stereocenters. The van der Waals surface area contributed by atoms with E-state index in [2.05, 4.69) is 16.0 Å². The van der Waals surface area contributed by atoms with Gasteiger partial charge in [0.05, 0.1) is 43.5 Å². The number of ether oxygens (including phenoxy) is 2. The van der Waals surface area contributed by atoms with Crippen LogP contribution in [-0.4, -0.2) is 110 Å². The molecule has 0 aromatic carbocycles. The Morgan fingerprint density at radius 2 is 1.04 bits per heavy atom. The number of carbonyl (C=O) groups excluding carboxylic acids is 1. The minimum absolute atomic E-state index is 0.00664. The van der Waals surface area contributed by atoms with E-state index in [0.717, 1.165) is 38.9 Å². The molecule has 6 rings (SSSR count). The molecule has 0 bridgehead atoms. The second-order valence-corrected chi connectivity index (χ2v) is 14.9. The number of aliphatic carboxylic acids is 3. The number of carboxylic acid groups (broad SMARTS) is 3. The molecule has 16 heteroatoms. The molecule has 3 aromatic rings. The van der Waals surface area contributed by atoms with Crippen LogP contribution in [0.25, 0.3) is 0 Å². The van der Waals surface area contributed by atoms with Gasteiger partial charge in [0.1, 0.15) is 43.0 Å². The van der Waals surface area contributed by atoms with Crippen LogP contribution < -0.4 is 25.4 Å². The van der Waals surface area contributed by atoms with Gasteiger partial charge in [-0.2, -0.15) is 0 Å². The first-order valence-corrected chi connectivity index (χ1v) is 19.2. The Hall–Kier alpha value is -4.80. The molecule has 6 heterocycles. The van der Waals surface area contributed by atoms with E-state index in [9.17, 15) is 34.5 Å². The number of furan rings is 3. The van der Waals surface area contributed by atoms with Gasteiger partial charge in [-0.25, -0.2) is 0 Å². The Labute approximate surface area is 318 Å². The maximum absolute atomic E-state index is 13.7. The maximum atomic E-state index is 13.7. The topological polar surface area (TPSA) is 226 Å². The molecule has 0 spiro atoms. The number of nitrogens with zero attached hydrogens (tertiary/aromatic N) is 1. The quantitative estimate of drug-likeness (QED) is 0.0864. The highest BCUT2D eigenvalue weighted by molar-refractivity contribution is 5.78. The summed E-state index contributed by atoms with van der Waals surface area (Å²) in [5, 5.41) is 39.1. The van der Waals surface area contributed by atoms with Crippen LogP contribution in [0.5, 0.6) is 11.5 Å². The second kappa shape index (κ2) is 19.2. The average Bonchev–Trinajstić information content (AvgIpc) is 4.01. The van der Waals surface area contributed by atoms with Crippen molar-refractivity contribution in [3.63, 3.8) is 0 Å². The molecule has 3 aliphatic rings. The van der Waals surface area contributed by atoms with Gasteiger partial charge in [-0.1, -0.05) is 0 Å². The van der Waals surface area contributed by atoms with Crippen LogP contribution in [0.3, 0.4) is 0 Å². The first-order chi connectivity index (χ1) is 26.6. The minimum atomic E-state index is -0.871. The SMILES string of the molecule is O=C(O)C(Cc1cc(CC(=O)N(CCOc2coc(CC(C(=O)O)C3CCNC3)c2)CCOc2coc(CC(C(=O)O)C3CCNC3)c2)co1)C1CCNC1. The standard InChI is InChI=1S/C39H52N4O12/c44-36(12-24-11-28(53-21-24)15-33(37(45)46)25-1-4-40-18-25)43(7-9-51-31-13-29(54-22-31)16-34(38(47)48)26-2-5-41-19-26)8-10-52-32-14-30(55-23-32)17-35(39(49)50)27-3-6-42-20-27/h11,13-14,21-23,25-27,33-35,40-42H,1-10,12,15-20H2,(H,45,46)(H,47,48)(H,49,50). The summed E-state index contributed by atoms with van der Waals surface area (Å²) in [5.41, 5.74) is 0.621. The van der Waals surface area contributed by atoms with Crippen molar-refractivity contribution in [2.24, 2.45) is 35.5 Å². The van der Waals surface area contributed by atoms with Crippen LogP contribution in [0, 0.1) is 35.5 Å². The van der Waals surface area contributed by atoms with Gasteiger partial charge in [0.2, 0.25) is 5.91 Å². The van der Waals surface area contributed by atoms with Gasteiger partial charge in [-0.05, 0) is 87.9 Å². The summed E-state index contributed by atoms with van der Waals surface area (Å²) in [6.45, 7) is 4.95. The Balaban J connectivity index is 1.05. The first-order valence-electron chi connectivity index (χ1n) is 19.2. The van der Waals surface area contributed by atoms with Gasteiger partial charge in [0.15, 0.2) is 11.5 Å². The van der Waals surface area contributed by atoms with Crippen LogP contribution in [0.2, 0.25) is 0 Å². The van der Waals surface area contributed by atoms with Crippen molar-refractivity contribution in [1.29, 1.82) is 0 Å². The van der Waals surface area contributed by atoms with Gasteiger partial charge in [0, 0.05) is 31.4 Å². The number of carboxylic acids is 3. The van der Waals surface area contributed by atoms with E-state index < -0.39 is 35.7 Å². The Kier molecular flexibility index (Phi) is 13.9. The molecule has 1 amide bonds. The maximum Gasteiger partial charge on any atom is 0.307 e. The average molecular weight is 769 g/mol. The van der Waals surface area contributed by atoms with Crippen molar-refractivity contribution in [2.75, 3.05) is 65.6 Å². The third-order valence-corrected chi connectivity index (χ3v) is 11.2. The fraction of sp³-hybridized carbons (Fsp3) is 0.590. The number of carbonyl (C=O) groups is 4. The highest BCUT2D eigenvalue weighted by Crippen LogP contribution is 2.28. The Bertz CT molecular complexity index is 1640. The van der Waals surface area contributed by atoms with Crippen LogP contribution in [0.4, 0.5) is 0 Å². The van der Waals surface area contributed by atoms with E-state index in [-0.39, 0.29) is 75.6 Å². The Morgan fingerprint density at radius 1 is 0.636 bits per heavy atom. The lowest BCUT2D eigenvalue weighted by Gasteiger charge is -2.22. The molecule has 3 aromatic heterocycles. The molecule has 55 heavy (non-hydrogen) atoms. The summed E-state index contributed by atoms with van der Waals surface area (Å²) in [6.07, 6.45) is 7.46. The van der Waals surface area contributed by atoms with Gasteiger partial charge in [0.25, 0.3) is 0 Å². The number of nitrogens with one attached hydrogen (secondary N) is 3. The number of hydrogen-bond donors (Lipinski definition) is 6. The normalized spacial score (nSPS) is 21.3. The van der Waals surface area contributed by atoms with E-state index in [0.29, 0.717) is 54.0 Å². The highest BCUT2D eigenvalue weighted by Gasteiger charge is 2.34. The van der Waals surface area contributed by atoms with Gasteiger partial charge < -0.3 is 58.9 Å². The van der Waals surface area contributed by atoms with Crippen molar-refractivity contribution < 1.29 is 57.2 Å². The minimum Gasteiger partial charge on any atom is -0.488 e. The Morgan fingerprint density at radius 3 is 1.42 bits per heavy atom. The van der Waals surface area contributed by atoms with E-state index >= 15 is 0 Å². The number of amides is 1. The smallest absolute Gasteiger partial charge is 0.307 e. The zero-order chi connectivity index (χ0) is 38.7. The lowest BCUT2D eigenvalue weighted by molar-refractivity contribution is -0.144. The van der Waals surface area contributed by atoms with Crippen LogP contribution in [0.15, 0.2) is 50.2 Å². The molecule has 0 radical (unpaired) electrons. The molecule has 3 fully saturated rings. The summed E-state index contributed by atoms with van der Waals surface area (Å²) >= 11 is 0. The molecule has 0 aliphatic carbocycles. The largest absolute Gasteiger partial charge is 0.488 e. The molecule has 16 nitrogen and oxygen atoms in total. The molecule has 0 saturated carbocycles. The molecule has 300 valence electrons. The second-order valence-electron chi connectivity index (χ2n) is 14.9. The molecule has 3 saturated heterocycles. The molecular formula is C39H52N4O12. The third-order valence-electron chi connectivity index (χ3n) is 11.2. The van der Waals surface area contributed by atoms with Crippen molar-refractivity contribution in [1.82, 2.24) is 20.9 Å². The lowest BCUT2D eigenvalue weighted by Crippen LogP contribution is -2.38. The highest BCUT2D eigenvalue weighted by atomic mass is 16.5. The van der Waals surface area contributed by atoms with Crippen molar-refractivity contribution in [3.05, 3.63) is 59.8 Å². The van der Waals surface area contributed by atoms with E-state index in [4.69, 9.17) is 22.7 Å². The lowest BCUT2D eigenvalue weighted by atomic mass is 9.88. The molecular weight excluding hydrogens is 716 g/mol. The predicted octanol–water partition coefficient (Wildman–Crippen LogP) is 2.55. The third kappa shape index (κ3) is 11.1. The molecule has 6 N–H and O–H groups in total. The van der Waals surface area contributed by atoms with E-state index in [1.807, 2.05) is 0 Å². The van der Waals surface area contributed by atoms with Gasteiger partial charge in [-0.3, -0.25) is 19.2 Å². The number of rotatable bonds is 22. The predicted molar refractivity (Wildman–Crippen MR) is 195 cm³/mol. The summed E-state index contributed by atoms with van der Waals surface area (Å²) in [4.78, 5) is 51.2. The van der Waals surface area contributed by atoms with E-state index in [1.54, 1.807) is 23.1 Å². The summed E-state index contributed by atoms with van der Waals surface area (Å²) in [5.74, 6) is -2.13. The zero-order valence-corrected chi connectivity index (χ0v) is 30.9. The van der Waals surface area contributed by atoms with Crippen LogP contribution in [0.1, 0.15) is 42.1 Å². The van der Waals surface area contributed by atoms with E-state index in [1.165, 1.54) is 18.8 Å². The number of hydrogen-bond acceptors (Lipinski definition) is 12. The fourth-order valence-electron chi connectivity index (χ4n) is 7.99. The van der Waals surface area contributed by atoms with Crippen molar-refractivity contribution >= 4 is 23.8 Å². The van der Waals surface area contributed by atoms with Gasteiger partial charge in [-0.15, -0.1) is 0 Å². The summed E-state index contributed by atoms with van der Waals surface area (Å²) in [7, 11) is 0. The summed E-state index contributed by atoms with van der Waals surface area (Å²) < 4.78 is 28.9. The van der Waals surface area contributed by atoms with Crippen molar-refractivity contribution in [2.45, 2.75) is 44.9 Å². The van der Waals surface area contributed by atoms with Crippen LogP contribution in [-0.2, 0) is 44.9 Å². The monoisotopic (exact) mass is 768 g/mol. The molecule has 6 atom stereocenters. The molecule has 3 aliphatic heterocycles. The summed E-state index contributed by atoms with van der Waals surface area (Å²) in [6, 6.07) is 5.10. The van der Waals surface area contributed by atoms with Gasteiger partial charge >= 0.3 is 17.9 Å². The fourth-order valence-corrected chi connectivity index (χ4v) is 7.99.